The van der Waals surface area contributed by atoms with Crippen LogP contribution in [0.5, 0.6) is 5.75 Å². The normalized spacial score (nSPS) is 12.0. The summed E-state index contributed by atoms with van der Waals surface area (Å²) in [4.78, 5) is 12.5. The molecule has 1 aromatic heterocycles. The van der Waals surface area contributed by atoms with Crippen molar-refractivity contribution in [3.63, 3.8) is 0 Å². The van der Waals surface area contributed by atoms with E-state index in [0.717, 1.165) is 16.5 Å². The smallest absolute Gasteiger partial charge is 0.340 e. The predicted octanol–water partition coefficient (Wildman–Crippen LogP) is 1.48. The van der Waals surface area contributed by atoms with Crippen LogP contribution in [0.4, 0.5) is 5.69 Å². The summed E-state index contributed by atoms with van der Waals surface area (Å²) in [6.07, 6.45) is 3.33. The van der Waals surface area contributed by atoms with E-state index in [4.69, 9.17) is 9.47 Å². The Morgan fingerprint density at radius 2 is 1.89 bits per heavy atom. The van der Waals surface area contributed by atoms with E-state index in [1.165, 1.54) is 32.2 Å². The number of hydrogen-bond acceptors (Lipinski definition) is 7. The number of rotatable bonds is 7. The van der Waals surface area contributed by atoms with Crippen LogP contribution in [-0.2, 0) is 24.8 Å². The molecule has 27 heavy (non-hydrogen) atoms. The molecule has 1 heterocycles. The number of sulfonamides is 1. The van der Waals surface area contributed by atoms with Crippen molar-refractivity contribution in [2.24, 2.45) is 0 Å². The summed E-state index contributed by atoms with van der Waals surface area (Å²) in [6, 6.07) is 2.69. The molecule has 2 aromatic rings. The first-order chi connectivity index (χ1) is 12.4. The minimum atomic E-state index is -3.77. The van der Waals surface area contributed by atoms with Gasteiger partial charge in [0.1, 0.15) is 12.4 Å². The number of nitrogens with zero attached hydrogens (tertiary/aromatic N) is 1. The number of benzene rings is 1. The molecule has 9 nitrogen and oxygen atoms in total. The van der Waals surface area contributed by atoms with Gasteiger partial charge in [0.2, 0.25) is 20.0 Å². The molecule has 0 aliphatic rings. The van der Waals surface area contributed by atoms with Crippen molar-refractivity contribution < 1.29 is 31.1 Å². The molecular formula is C16H20N2O7S2. The molecule has 0 saturated carbocycles. The second kappa shape index (κ2) is 7.24. The summed E-state index contributed by atoms with van der Waals surface area (Å²) < 4.78 is 61.3. The lowest BCUT2D eigenvalue weighted by Crippen LogP contribution is -2.13. The molecule has 0 fully saturated rings. The number of carbonyl (C=O) groups excluding carboxylic acids is 1. The van der Waals surface area contributed by atoms with Crippen molar-refractivity contribution >= 4 is 42.6 Å². The third-order valence-corrected chi connectivity index (χ3v) is 5.36. The molecule has 0 radical (unpaired) electrons. The molecule has 11 heteroatoms. The molecule has 1 N–H and O–H groups in total. The van der Waals surface area contributed by atoms with Crippen LogP contribution in [0, 0.1) is 6.92 Å². The first-order valence-electron chi connectivity index (χ1n) is 7.60. The highest BCUT2D eigenvalue weighted by Gasteiger charge is 2.27. The molecule has 0 saturated heterocycles. The van der Waals surface area contributed by atoms with Crippen LogP contribution in [0.25, 0.3) is 10.9 Å². The fraction of sp³-hybridized carbons (Fsp3) is 0.312. The maximum Gasteiger partial charge on any atom is 0.340 e. The summed E-state index contributed by atoms with van der Waals surface area (Å²) in [7, 11) is -6.10. The van der Waals surface area contributed by atoms with Crippen molar-refractivity contribution in [1.82, 2.24) is 3.97 Å². The molecule has 0 spiro atoms. The van der Waals surface area contributed by atoms with E-state index in [2.05, 4.69) is 11.3 Å². The van der Waals surface area contributed by atoms with E-state index in [1.807, 2.05) is 0 Å². The molecular weight excluding hydrogens is 396 g/mol. The Bertz CT molecular complexity index is 1130. The fourth-order valence-corrected chi connectivity index (χ4v) is 4.41. The maximum absolute atomic E-state index is 12.5. The first kappa shape index (κ1) is 20.8. The first-order valence-corrected chi connectivity index (χ1v) is 11.3. The van der Waals surface area contributed by atoms with Gasteiger partial charge in [0, 0.05) is 17.1 Å². The predicted molar refractivity (Wildman–Crippen MR) is 102 cm³/mol. The minimum absolute atomic E-state index is 0.0106. The van der Waals surface area contributed by atoms with Gasteiger partial charge in [-0.25, -0.2) is 25.6 Å². The van der Waals surface area contributed by atoms with Gasteiger partial charge in [0.05, 0.1) is 36.4 Å². The van der Waals surface area contributed by atoms with E-state index in [9.17, 15) is 21.6 Å². The van der Waals surface area contributed by atoms with Crippen LogP contribution in [-0.4, -0.2) is 53.0 Å². The lowest BCUT2D eigenvalue weighted by atomic mass is 10.1. The number of nitrogens with one attached hydrogen (secondary N) is 1. The lowest BCUT2D eigenvalue weighted by Gasteiger charge is -2.11. The highest BCUT2D eigenvalue weighted by Crippen LogP contribution is 2.36. The van der Waals surface area contributed by atoms with Crippen molar-refractivity contribution in [3.8, 4) is 5.75 Å². The molecule has 0 unspecified atom stereocenters. The number of fused-ring (bicyclic) bond motifs is 1. The van der Waals surface area contributed by atoms with Gasteiger partial charge in [0.25, 0.3) is 0 Å². The Hall–Kier alpha value is -2.53. The number of carbonyl (C=O) groups is 1. The average Bonchev–Trinajstić information content (AvgIpc) is 2.81. The van der Waals surface area contributed by atoms with Gasteiger partial charge in [-0.3, -0.25) is 4.72 Å². The van der Waals surface area contributed by atoms with Gasteiger partial charge in [-0.15, -0.1) is 0 Å². The van der Waals surface area contributed by atoms with E-state index < -0.39 is 26.0 Å². The number of hydrogen-bond donors (Lipinski definition) is 1. The quantitative estimate of drug-likeness (QED) is 0.536. The second-order valence-electron chi connectivity index (χ2n) is 5.82. The van der Waals surface area contributed by atoms with Gasteiger partial charge in [-0.1, -0.05) is 12.7 Å². The second-order valence-corrected chi connectivity index (χ2v) is 9.40. The van der Waals surface area contributed by atoms with Crippen molar-refractivity contribution in [1.29, 1.82) is 0 Å². The van der Waals surface area contributed by atoms with E-state index in [-0.39, 0.29) is 40.2 Å². The summed E-state index contributed by atoms with van der Waals surface area (Å²) in [5.74, 6) is -0.656. The van der Waals surface area contributed by atoms with Crippen LogP contribution < -0.4 is 9.46 Å². The molecule has 2 rings (SSSR count). The Balaban J connectivity index is 2.91. The number of esters is 1. The van der Waals surface area contributed by atoms with Crippen molar-refractivity contribution in [2.45, 2.75) is 6.92 Å². The standard InChI is InChI=1S/C16H20N2O7S2/c1-6-7-25-16(19)15-10(2)18(27(5,22)23)13-9-14(24-3)12(8-11(13)15)17-26(4,20)21/h6,8-9,17H,1,7H2,2-5H3. The van der Waals surface area contributed by atoms with Crippen LogP contribution in [0.2, 0.25) is 0 Å². The zero-order valence-electron chi connectivity index (χ0n) is 15.3. The number of methoxy groups -OCH3 is 1. The number of ether oxygens (including phenoxy) is 2. The summed E-state index contributed by atoms with van der Waals surface area (Å²) in [5, 5.41) is 0.207. The van der Waals surface area contributed by atoms with Crippen LogP contribution in [0.1, 0.15) is 16.1 Å². The highest BCUT2D eigenvalue weighted by atomic mass is 32.2. The minimum Gasteiger partial charge on any atom is -0.494 e. The average molecular weight is 416 g/mol. The fourth-order valence-electron chi connectivity index (χ4n) is 2.75. The topological polar surface area (TPSA) is 121 Å². The molecule has 0 aliphatic carbocycles. The zero-order chi connectivity index (χ0) is 20.6. The largest absolute Gasteiger partial charge is 0.494 e. The monoisotopic (exact) mass is 416 g/mol. The van der Waals surface area contributed by atoms with Crippen LogP contribution in [0.15, 0.2) is 24.8 Å². The van der Waals surface area contributed by atoms with E-state index in [0.29, 0.717) is 0 Å². The Morgan fingerprint density at radius 3 is 2.37 bits per heavy atom. The van der Waals surface area contributed by atoms with Crippen molar-refractivity contribution in [2.75, 3.05) is 31.0 Å². The van der Waals surface area contributed by atoms with Gasteiger partial charge in [-0.2, -0.15) is 0 Å². The van der Waals surface area contributed by atoms with E-state index in [1.54, 1.807) is 0 Å². The molecule has 0 bridgehead atoms. The molecule has 148 valence electrons. The van der Waals surface area contributed by atoms with Crippen LogP contribution >= 0.6 is 0 Å². The molecule has 0 aliphatic heterocycles. The number of anilines is 1. The zero-order valence-corrected chi connectivity index (χ0v) is 16.9. The molecule has 0 amide bonds. The van der Waals surface area contributed by atoms with Gasteiger partial charge >= 0.3 is 5.97 Å². The highest BCUT2D eigenvalue weighted by molar-refractivity contribution is 7.92. The summed E-state index contributed by atoms with van der Waals surface area (Å²) in [6.45, 7) is 4.86. The van der Waals surface area contributed by atoms with Crippen LogP contribution in [0.3, 0.4) is 0 Å². The summed E-state index contributed by atoms with van der Waals surface area (Å²) in [5.41, 5.74) is 0.379. The molecule has 0 atom stereocenters. The van der Waals surface area contributed by atoms with E-state index >= 15 is 0 Å². The Morgan fingerprint density at radius 1 is 1.26 bits per heavy atom. The van der Waals surface area contributed by atoms with Crippen molar-refractivity contribution in [3.05, 3.63) is 36.0 Å². The lowest BCUT2D eigenvalue weighted by molar-refractivity contribution is 0.0551. The molecule has 1 aromatic carbocycles. The Kier molecular flexibility index (Phi) is 5.57. The van der Waals surface area contributed by atoms with Gasteiger partial charge in [0.15, 0.2) is 0 Å². The van der Waals surface area contributed by atoms with Gasteiger partial charge < -0.3 is 9.47 Å². The summed E-state index contributed by atoms with van der Waals surface area (Å²) >= 11 is 0. The third-order valence-electron chi connectivity index (χ3n) is 3.64. The van der Waals surface area contributed by atoms with Gasteiger partial charge in [-0.05, 0) is 13.0 Å². The third kappa shape index (κ3) is 4.25. The number of aromatic nitrogens is 1. The SMILES string of the molecule is C=CCOC(=O)c1c(C)n(S(C)(=O)=O)c2cc(OC)c(NS(C)(=O)=O)cc12. The Labute approximate surface area is 157 Å². The maximum atomic E-state index is 12.5.